The van der Waals surface area contributed by atoms with E-state index in [9.17, 15) is 4.79 Å². The third-order valence-corrected chi connectivity index (χ3v) is 6.78. The highest BCUT2D eigenvalue weighted by Crippen LogP contribution is 2.48. The number of anilines is 1. The highest BCUT2D eigenvalue weighted by molar-refractivity contribution is 7.99. The van der Waals surface area contributed by atoms with E-state index < -0.39 is 0 Å². The van der Waals surface area contributed by atoms with E-state index in [1.165, 1.54) is 18.4 Å². The van der Waals surface area contributed by atoms with Crippen molar-refractivity contribution in [2.45, 2.75) is 57.2 Å². The summed E-state index contributed by atoms with van der Waals surface area (Å²) in [4.78, 5) is 12.7. The van der Waals surface area contributed by atoms with Crippen molar-refractivity contribution in [3.8, 4) is 5.75 Å². The lowest BCUT2D eigenvalue weighted by Crippen LogP contribution is -2.44. The number of nitrogens with one attached hydrogen (secondary N) is 1. The zero-order valence-corrected chi connectivity index (χ0v) is 18.4. The van der Waals surface area contributed by atoms with Gasteiger partial charge < -0.3 is 14.8 Å². The quantitative estimate of drug-likeness (QED) is 0.292. The van der Waals surface area contributed by atoms with E-state index in [4.69, 9.17) is 9.47 Å². The predicted molar refractivity (Wildman–Crippen MR) is 118 cm³/mol. The van der Waals surface area contributed by atoms with Gasteiger partial charge in [-0.05, 0) is 55.0 Å². The highest BCUT2D eigenvalue weighted by Gasteiger charge is 2.41. The first-order chi connectivity index (χ1) is 13.2. The minimum absolute atomic E-state index is 0.139. The Kier molecular flexibility index (Phi) is 9.69. The van der Waals surface area contributed by atoms with E-state index in [0.717, 1.165) is 42.2 Å². The van der Waals surface area contributed by atoms with Gasteiger partial charge in [-0.1, -0.05) is 26.2 Å². The number of unbranched alkanes of at least 4 members (excludes halogenated alkanes) is 2. The molecule has 27 heavy (non-hydrogen) atoms. The van der Waals surface area contributed by atoms with Crippen LogP contribution in [-0.2, 0) is 9.53 Å². The fraction of sp³-hybridized carbons (Fsp3) is 0.667. The Labute approximate surface area is 173 Å². The summed E-state index contributed by atoms with van der Waals surface area (Å²) in [6, 6.07) is 5.79. The molecule has 0 radical (unpaired) electrons. The summed E-state index contributed by atoms with van der Waals surface area (Å²) in [6.45, 7) is 4.48. The van der Waals surface area contributed by atoms with E-state index in [-0.39, 0.29) is 23.2 Å². The number of thioether (sulfide) groups is 1. The molecule has 0 saturated heterocycles. The van der Waals surface area contributed by atoms with Crippen LogP contribution in [0.2, 0.25) is 0 Å². The molecule has 0 unspecified atom stereocenters. The van der Waals surface area contributed by atoms with Crippen LogP contribution in [0.3, 0.4) is 0 Å². The Morgan fingerprint density at radius 2 is 2.07 bits per heavy atom. The number of hydrogen-bond acceptors (Lipinski definition) is 6. The van der Waals surface area contributed by atoms with E-state index >= 15 is 0 Å². The normalized spacial score (nSPS) is 21.3. The summed E-state index contributed by atoms with van der Waals surface area (Å²) in [5.74, 6) is 2.84. The maximum Gasteiger partial charge on any atom is 0.328 e. The molecule has 0 amide bonds. The molecule has 2 rings (SSSR count). The van der Waals surface area contributed by atoms with Crippen molar-refractivity contribution >= 4 is 36.0 Å². The number of carbonyl (C=O) groups is 1. The molecule has 152 valence electrons. The molecule has 0 aliphatic carbocycles. The molecule has 1 aliphatic rings. The van der Waals surface area contributed by atoms with Crippen LogP contribution in [0, 0.1) is 5.92 Å². The van der Waals surface area contributed by atoms with Crippen LogP contribution >= 0.6 is 24.4 Å². The number of esters is 1. The van der Waals surface area contributed by atoms with Crippen LogP contribution in [0.25, 0.3) is 0 Å². The minimum Gasteiger partial charge on any atom is -0.497 e. The molecule has 0 spiro atoms. The number of methoxy groups -OCH3 is 1. The number of hydrogen-bond donors (Lipinski definition) is 2. The van der Waals surface area contributed by atoms with E-state index in [0.29, 0.717) is 6.61 Å². The van der Waals surface area contributed by atoms with Crippen molar-refractivity contribution in [2.75, 3.05) is 30.5 Å². The lowest BCUT2D eigenvalue weighted by atomic mass is 9.83. The molecule has 0 aromatic heterocycles. The summed E-state index contributed by atoms with van der Waals surface area (Å²) in [6.07, 6.45) is 5.56. The van der Waals surface area contributed by atoms with Gasteiger partial charge in [-0.25, -0.2) is 4.79 Å². The number of benzene rings is 1. The maximum absolute atomic E-state index is 12.7. The predicted octanol–water partition coefficient (Wildman–Crippen LogP) is 5.34. The molecule has 1 aliphatic heterocycles. The molecule has 6 heteroatoms. The van der Waals surface area contributed by atoms with Gasteiger partial charge in [0.15, 0.2) is 0 Å². The lowest BCUT2D eigenvalue weighted by molar-refractivity contribution is -0.145. The monoisotopic (exact) mass is 411 g/mol. The summed E-state index contributed by atoms with van der Waals surface area (Å²) < 4.78 is 10.9. The second-order valence-electron chi connectivity index (χ2n) is 6.86. The zero-order chi connectivity index (χ0) is 19.6. The molecule has 0 fully saturated rings. The summed E-state index contributed by atoms with van der Waals surface area (Å²) in [7, 11) is 1.70. The molecule has 1 heterocycles. The van der Waals surface area contributed by atoms with Gasteiger partial charge in [-0.2, -0.15) is 24.4 Å². The Balaban J connectivity index is 2.36. The molecule has 4 nitrogen and oxygen atoms in total. The van der Waals surface area contributed by atoms with Gasteiger partial charge in [-0.15, -0.1) is 0 Å². The SMILES string of the molecule is CCCCC[C@H]1[C@@H](C(=O)OCC)Nc2ccc(OC)cc2[C@@H]1SCCCS. The van der Waals surface area contributed by atoms with Gasteiger partial charge in [0.05, 0.1) is 13.7 Å². The number of fused-ring (bicyclic) bond motifs is 1. The topological polar surface area (TPSA) is 47.6 Å². The molecular formula is C21H33NO3S2. The first-order valence-electron chi connectivity index (χ1n) is 9.99. The second kappa shape index (κ2) is 11.7. The molecule has 1 N–H and O–H groups in total. The van der Waals surface area contributed by atoms with E-state index in [1.807, 2.05) is 30.8 Å². The number of rotatable bonds is 11. The largest absolute Gasteiger partial charge is 0.497 e. The number of ether oxygens (including phenoxy) is 2. The van der Waals surface area contributed by atoms with Crippen molar-refractivity contribution < 1.29 is 14.3 Å². The lowest BCUT2D eigenvalue weighted by Gasteiger charge is -2.39. The third kappa shape index (κ3) is 5.98. The van der Waals surface area contributed by atoms with Gasteiger partial charge in [0, 0.05) is 16.9 Å². The Bertz CT molecular complexity index is 597. The van der Waals surface area contributed by atoms with Crippen LogP contribution in [0.1, 0.15) is 56.8 Å². The minimum atomic E-state index is -0.295. The van der Waals surface area contributed by atoms with Crippen LogP contribution in [0.4, 0.5) is 5.69 Å². The Hall–Kier alpha value is -1.01. The first-order valence-corrected chi connectivity index (χ1v) is 11.7. The van der Waals surface area contributed by atoms with E-state index in [2.05, 4.69) is 30.9 Å². The Morgan fingerprint density at radius 3 is 2.74 bits per heavy atom. The average molecular weight is 412 g/mol. The molecule has 3 atom stereocenters. The van der Waals surface area contributed by atoms with Crippen LogP contribution in [0.15, 0.2) is 18.2 Å². The first kappa shape index (κ1) is 22.3. The molecule has 1 aromatic rings. The van der Waals surface area contributed by atoms with Crippen LogP contribution in [-0.4, -0.2) is 37.2 Å². The Morgan fingerprint density at radius 1 is 1.26 bits per heavy atom. The van der Waals surface area contributed by atoms with Crippen molar-refractivity contribution in [1.82, 2.24) is 0 Å². The summed E-state index contributed by atoms with van der Waals surface area (Å²) in [5.41, 5.74) is 2.25. The maximum atomic E-state index is 12.7. The van der Waals surface area contributed by atoms with Gasteiger partial charge in [0.1, 0.15) is 11.8 Å². The molecule has 0 bridgehead atoms. The van der Waals surface area contributed by atoms with E-state index in [1.54, 1.807) is 7.11 Å². The summed E-state index contributed by atoms with van der Waals surface area (Å²) in [5, 5.41) is 3.72. The zero-order valence-electron chi connectivity index (χ0n) is 16.7. The molecule has 1 aromatic carbocycles. The summed E-state index contributed by atoms with van der Waals surface area (Å²) >= 11 is 6.29. The molecule has 0 saturated carbocycles. The van der Waals surface area contributed by atoms with Gasteiger partial charge in [0.2, 0.25) is 0 Å². The smallest absolute Gasteiger partial charge is 0.328 e. The van der Waals surface area contributed by atoms with Crippen molar-refractivity contribution in [3.05, 3.63) is 23.8 Å². The third-order valence-electron chi connectivity index (χ3n) is 4.97. The van der Waals surface area contributed by atoms with Gasteiger partial charge in [-0.3, -0.25) is 0 Å². The average Bonchev–Trinajstić information content (AvgIpc) is 2.68. The fourth-order valence-electron chi connectivity index (χ4n) is 3.62. The fourth-order valence-corrected chi connectivity index (χ4v) is 5.47. The van der Waals surface area contributed by atoms with Crippen molar-refractivity contribution in [3.63, 3.8) is 0 Å². The van der Waals surface area contributed by atoms with Gasteiger partial charge in [0.25, 0.3) is 0 Å². The number of carbonyl (C=O) groups excluding carboxylic acids is 1. The molecular weight excluding hydrogens is 378 g/mol. The van der Waals surface area contributed by atoms with Crippen LogP contribution in [0.5, 0.6) is 5.75 Å². The van der Waals surface area contributed by atoms with Crippen molar-refractivity contribution in [2.24, 2.45) is 5.92 Å². The van der Waals surface area contributed by atoms with Gasteiger partial charge >= 0.3 is 5.97 Å². The second-order valence-corrected chi connectivity index (χ2v) is 8.55. The number of thiol groups is 1. The highest BCUT2D eigenvalue weighted by atomic mass is 32.2. The van der Waals surface area contributed by atoms with Crippen LogP contribution < -0.4 is 10.1 Å². The standard InChI is InChI=1S/C21H33NO3S2/c1-4-6-7-9-16-19(21(23)25-5-2)22-18-11-10-15(24-3)14-17(18)20(16)27-13-8-12-26/h10-11,14,16,19-20,22,26H,4-9,12-13H2,1-3H3/t16-,19-,20+/m0/s1. The van der Waals surface area contributed by atoms with Crippen molar-refractivity contribution in [1.29, 1.82) is 0 Å².